The van der Waals surface area contributed by atoms with Gasteiger partial charge in [-0.2, -0.15) is 0 Å². The average molecular weight is 499 g/mol. The summed E-state index contributed by atoms with van der Waals surface area (Å²) < 4.78 is 24.8. The monoisotopic (exact) mass is 498 g/mol. The highest BCUT2D eigenvalue weighted by Gasteiger charge is 2.57. The van der Waals surface area contributed by atoms with Crippen LogP contribution in [0, 0.1) is 27.7 Å². The van der Waals surface area contributed by atoms with Crippen LogP contribution in [-0.4, -0.2) is 14.2 Å². The van der Waals surface area contributed by atoms with E-state index in [9.17, 15) is 0 Å². The third kappa shape index (κ3) is 3.08. The van der Waals surface area contributed by atoms with Crippen molar-refractivity contribution in [1.29, 1.82) is 0 Å². The Hall–Kier alpha value is -3.14. The Morgan fingerprint density at radius 1 is 0.568 bits per heavy atom. The average Bonchev–Trinajstić information content (AvgIpc) is 3.22. The molecular weight excluding hydrogens is 460 g/mol. The van der Waals surface area contributed by atoms with Crippen molar-refractivity contribution in [2.75, 3.05) is 14.2 Å². The van der Waals surface area contributed by atoms with Crippen molar-refractivity contribution in [3.63, 3.8) is 0 Å². The number of rotatable bonds is 2. The van der Waals surface area contributed by atoms with Crippen molar-refractivity contribution in [2.45, 2.75) is 84.5 Å². The fourth-order valence-electron chi connectivity index (χ4n) is 7.51. The first-order valence-corrected chi connectivity index (χ1v) is 13.3. The maximum absolute atomic E-state index is 6.67. The van der Waals surface area contributed by atoms with Gasteiger partial charge in [0.05, 0.1) is 14.2 Å². The van der Waals surface area contributed by atoms with Gasteiger partial charge in [0.1, 0.15) is 0 Å². The molecule has 3 aromatic carbocycles. The first-order valence-electron chi connectivity index (χ1n) is 13.3. The molecule has 1 atom stereocenters. The zero-order valence-corrected chi connectivity index (χ0v) is 23.9. The molecule has 0 saturated heterocycles. The maximum Gasteiger partial charge on any atom is 0.173 e. The molecule has 1 aliphatic heterocycles. The summed E-state index contributed by atoms with van der Waals surface area (Å²) in [5.74, 6) is 4.89. The molecule has 3 aromatic rings. The molecule has 0 N–H and O–H groups in total. The fraction of sp³-hybridized carbons (Fsp3) is 0.455. The molecular formula is C33H38O4. The standard InChI is InChI=1S/C33H38O4/c1-17-18(2)20(4)30-29(19(17)3)36-27-12-22-24(14-28(27)37-30)33(16-32(22,7)8)15-31(5,6)21-11-25(34-9)26(35-10)13-23(21)33/h11-14H,15-16H2,1-10H3. The highest BCUT2D eigenvalue weighted by molar-refractivity contribution is 5.69. The van der Waals surface area contributed by atoms with Gasteiger partial charge in [0.25, 0.3) is 0 Å². The Morgan fingerprint density at radius 2 is 0.946 bits per heavy atom. The van der Waals surface area contributed by atoms with E-state index >= 15 is 0 Å². The maximum atomic E-state index is 6.67. The Morgan fingerprint density at radius 3 is 1.41 bits per heavy atom. The molecule has 2 aliphatic carbocycles. The third-order valence-corrected chi connectivity index (χ3v) is 9.58. The summed E-state index contributed by atoms with van der Waals surface area (Å²) in [4.78, 5) is 0. The lowest BCUT2D eigenvalue weighted by atomic mass is 9.72. The van der Waals surface area contributed by atoms with Gasteiger partial charge in [0.15, 0.2) is 34.5 Å². The number of fused-ring (bicyclic) bond motifs is 6. The van der Waals surface area contributed by atoms with Gasteiger partial charge in [-0.05, 0) is 120 Å². The molecule has 1 spiro atoms. The smallest absolute Gasteiger partial charge is 0.173 e. The van der Waals surface area contributed by atoms with Crippen molar-refractivity contribution in [2.24, 2.45) is 0 Å². The van der Waals surface area contributed by atoms with E-state index in [-0.39, 0.29) is 16.2 Å². The van der Waals surface area contributed by atoms with Gasteiger partial charge in [-0.15, -0.1) is 0 Å². The van der Waals surface area contributed by atoms with Crippen LogP contribution in [0.3, 0.4) is 0 Å². The fourth-order valence-corrected chi connectivity index (χ4v) is 7.51. The Labute approximate surface area is 220 Å². The van der Waals surface area contributed by atoms with Gasteiger partial charge < -0.3 is 18.9 Å². The second-order valence-corrected chi connectivity index (χ2v) is 12.7. The van der Waals surface area contributed by atoms with Crippen LogP contribution in [0.4, 0.5) is 0 Å². The number of methoxy groups -OCH3 is 2. The number of hydrogen-bond donors (Lipinski definition) is 0. The van der Waals surface area contributed by atoms with Crippen molar-refractivity contribution in [1.82, 2.24) is 0 Å². The zero-order chi connectivity index (χ0) is 26.7. The highest BCUT2D eigenvalue weighted by Crippen LogP contribution is 2.65. The molecule has 4 nitrogen and oxygen atoms in total. The van der Waals surface area contributed by atoms with Crippen molar-refractivity contribution in [3.8, 4) is 34.5 Å². The third-order valence-electron chi connectivity index (χ3n) is 9.58. The predicted octanol–water partition coefficient (Wildman–Crippen LogP) is 8.48. The molecule has 1 unspecified atom stereocenters. The van der Waals surface area contributed by atoms with Gasteiger partial charge in [-0.3, -0.25) is 0 Å². The minimum absolute atomic E-state index is 0.00518. The van der Waals surface area contributed by atoms with E-state index in [2.05, 4.69) is 79.7 Å². The number of hydrogen-bond acceptors (Lipinski definition) is 4. The van der Waals surface area contributed by atoms with Gasteiger partial charge >= 0.3 is 0 Å². The van der Waals surface area contributed by atoms with E-state index < -0.39 is 0 Å². The molecule has 37 heavy (non-hydrogen) atoms. The van der Waals surface area contributed by atoms with Crippen LogP contribution in [-0.2, 0) is 16.2 Å². The summed E-state index contributed by atoms with van der Waals surface area (Å²) in [5, 5.41) is 0. The lowest BCUT2D eigenvalue weighted by Gasteiger charge is -2.31. The Kier molecular flexibility index (Phi) is 4.88. The highest BCUT2D eigenvalue weighted by atomic mass is 16.6. The van der Waals surface area contributed by atoms with Crippen molar-refractivity contribution >= 4 is 0 Å². The second kappa shape index (κ2) is 7.46. The molecule has 0 aromatic heterocycles. The summed E-state index contributed by atoms with van der Waals surface area (Å²) in [6, 6.07) is 8.94. The SMILES string of the molecule is COc1cc2c(cc1OC)C1(CC2(C)C)CC(C)(C)c2cc3c(cc21)Oc1c(C)c(C)c(C)c(C)c1O3. The topological polar surface area (TPSA) is 36.9 Å². The van der Waals surface area contributed by atoms with Gasteiger partial charge in [0, 0.05) is 5.41 Å². The largest absolute Gasteiger partial charge is 0.493 e. The van der Waals surface area contributed by atoms with Crippen LogP contribution in [0.2, 0.25) is 0 Å². The second-order valence-electron chi connectivity index (χ2n) is 12.7. The Bertz CT molecular complexity index is 1490. The van der Waals surface area contributed by atoms with E-state index in [1.165, 1.54) is 33.4 Å². The first kappa shape index (κ1) is 24.2. The predicted molar refractivity (Wildman–Crippen MR) is 148 cm³/mol. The molecule has 4 heteroatoms. The van der Waals surface area contributed by atoms with E-state index in [4.69, 9.17) is 18.9 Å². The van der Waals surface area contributed by atoms with E-state index in [0.29, 0.717) is 0 Å². The van der Waals surface area contributed by atoms with Crippen molar-refractivity contribution in [3.05, 3.63) is 68.8 Å². The minimum atomic E-state index is -0.135. The van der Waals surface area contributed by atoms with Gasteiger partial charge in [0.2, 0.25) is 0 Å². The summed E-state index contributed by atoms with van der Waals surface area (Å²) in [6.45, 7) is 18.0. The molecule has 0 radical (unpaired) electrons. The van der Waals surface area contributed by atoms with Gasteiger partial charge in [-0.1, -0.05) is 27.7 Å². The summed E-state index contributed by atoms with van der Waals surface area (Å²) in [7, 11) is 3.43. The molecule has 3 aliphatic rings. The van der Waals surface area contributed by atoms with Crippen LogP contribution in [0.5, 0.6) is 34.5 Å². The summed E-state index contributed by atoms with van der Waals surface area (Å²) in [5.41, 5.74) is 10.0. The number of benzene rings is 3. The van der Waals surface area contributed by atoms with Crippen LogP contribution in [0.25, 0.3) is 0 Å². The lowest BCUT2D eigenvalue weighted by Crippen LogP contribution is -2.27. The van der Waals surface area contributed by atoms with Crippen molar-refractivity contribution < 1.29 is 18.9 Å². The van der Waals surface area contributed by atoms with Crippen LogP contribution in [0.15, 0.2) is 24.3 Å². The van der Waals surface area contributed by atoms with Crippen LogP contribution < -0.4 is 18.9 Å². The van der Waals surface area contributed by atoms with Crippen LogP contribution in [0.1, 0.15) is 85.0 Å². The molecule has 1 heterocycles. The van der Waals surface area contributed by atoms with E-state index in [1.54, 1.807) is 14.2 Å². The molecule has 0 fully saturated rings. The normalized spacial score (nSPS) is 21.5. The molecule has 6 rings (SSSR count). The minimum Gasteiger partial charge on any atom is -0.493 e. The van der Waals surface area contributed by atoms with Gasteiger partial charge in [-0.25, -0.2) is 0 Å². The summed E-state index contributed by atoms with van der Waals surface area (Å²) >= 11 is 0. The number of ether oxygens (including phenoxy) is 4. The zero-order valence-electron chi connectivity index (χ0n) is 23.9. The van der Waals surface area contributed by atoms with E-state index in [0.717, 1.165) is 58.5 Å². The lowest BCUT2D eigenvalue weighted by molar-refractivity contribution is 0.346. The van der Waals surface area contributed by atoms with Crippen LogP contribution >= 0.6 is 0 Å². The molecule has 0 bridgehead atoms. The Balaban J connectivity index is 1.58. The molecule has 0 amide bonds. The quantitative estimate of drug-likeness (QED) is 0.278. The van der Waals surface area contributed by atoms with E-state index in [1.807, 2.05) is 0 Å². The molecule has 0 saturated carbocycles. The first-order chi connectivity index (χ1) is 17.3. The molecule has 194 valence electrons. The summed E-state index contributed by atoms with van der Waals surface area (Å²) in [6.07, 6.45) is 2.04.